The van der Waals surface area contributed by atoms with Crippen LogP contribution >= 0.6 is 11.6 Å². The molecule has 0 fully saturated rings. The summed E-state index contributed by atoms with van der Waals surface area (Å²) in [7, 11) is 1.53. The maximum Gasteiger partial charge on any atom is 0.143 e. The minimum Gasteiger partial charge on any atom is -0.495 e. The van der Waals surface area contributed by atoms with Crippen LogP contribution in [0, 0.1) is 24.1 Å². The van der Waals surface area contributed by atoms with Crippen molar-refractivity contribution in [3.8, 4) is 11.8 Å². The van der Waals surface area contributed by atoms with Crippen LogP contribution in [0.25, 0.3) is 0 Å². The Morgan fingerprint density at radius 3 is 2.65 bits per heavy atom. The van der Waals surface area contributed by atoms with Crippen molar-refractivity contribution in [1.29, 1.82) is 5.26 Å². The van der Waals surface area contributed by atoms with Crippen LogP contribution < -0.4 is 10.1 Å². The molecule has 20 heavy (non-hydrogen) atoms. The summed E-state index contributed by atoms with van der Waals surface area (Å²) in [6.07, 6.45) is 0. The predicted molar refractivity (Wildman–Crippen MR) is 77.1 cm³/mol. The standard InChI is InChI=1S/C15H12ClFN2O/c1-9-5-14(15(20-2)7-12(9)16)19-13-4-3-11(17)6-10(13)8-18/h3-7,19H,1-2H3. The van der Waals surface area contributed by atoms with Gasteiger partial charge in [-0.3, -0.25) is 0 Å². The highest BCUT2D eigenvalue weighted by Gasteiger charge is 2.10. The van der Waals surface area contributed by atoms with Crippen molar-refractivity contribution in [1.82, 2.24) is 0 Å². The Labute approximate surface area is 121 Å². The zero-order chi connectivity index (χ0) is 14.7. The average molecular weight is 291 g/mol. The van der Waals surface area contributed by atoms with Crippen molar-refractivity contribution < 1.29 is 9.13 Å². The van der Waals surface area contributed by atoms with E-state index in [-0.39, 0.29) is 5.56 Å². The van der Waals surface area contributed by atoms with Gasteiger partial charge in [-0.15, -0.1) is 0 Å². The third-order valence-electron chi connectivity index (χ3n) is 2.85. The molecule has 0 heterocycles. The second-order valence-electron chi connectivity index (χ2n) is 4.23. The molecule has 0 aromatic heterocycles. The number of nitrogens with one attached hydrogen (secondary N) is 1. The highest BCUT2D eigenvalue weighted by molar-refractivity contribution is 6.31. The summed E-state index contributed by atoms with van der Waals surface area (Å²) in [5, 5.41) is 12.7. The van der Waals surface area contributed by atoms with Gasteiger partial charge in [0.2, 0.25) is 0 Å². The molecule has 2 aromatic carbocycles. The first-order valence-corrected chi connectivity index (χ1v) is 6.23. The lowest BCUT2D eigenvalue weighted by molar-refractivity contribution is 0.417. The van der Waals surface area contributed by atoms with E-state index < -0.39 is 5.82 Å². The fourth-order valence-electron chi connectivity index (χ4n) is 1.79. The van der Waals surface area contributed by atoms with Crippen molar-refractivity contribution in [3.05, 3.63) is 52.3 Å². The molecule has 0 amide bonds. The van der Waals surface area contributed by atoms with E-state index >= 15 is 0 Å². The molecule has 0 atom stereocenters. The molecule has 0 aliphatic carbocycles. The molecule has 1 N–H and O–H groups in total. The molecular weight excluding hydrogens is 279 g/mol. The quantitative estimate of drug-likeness (QED) is 0.910. The Morgan fingerprint density at radius 1 is 1.25 bits per heavy atom. The molecule has 0 aliphatic rings. The van der Waals surface area contributed by atoms with Crippen LogP contribution in [-0.2, 0) is 0 Å². The first-order chi connectivity index (χ1) is 9.55. The summed E-state index contributed by atoms with van der Waals surface area (Å²) in [5.41, 5.74) is 2.27. The summed E-state index contributed by atoms with van der Waals surface area (Å²) in [4.78, 5) is 0. The number of hydrogen-bond acceptors (Lipinski definition) is 3. The van der Waals surface area contributed by atoms with Gasteiger partial charge in [0.05, 0.1) is 24.0 Å². The third-order valence-corrected chi connectivity index (χ3v) is 3.26. The summed E-state index contributed by atoms with van der Waals surface area (Å²) >= 11 is 6.04. The zero-order valence-electron chi connectivity index (χ0n) is 11.0. The number of halogens is 2. The molecule has 0 aliphatic heterocycles. The topological polar surface area (TPSA) is 45.0 Å². The molecule has 0 spiro atoms. The van der Waals surface area contributed by atoms with E-state index in [9.17, 15) is 4.39 Å². The van der Waals surface area contributed by atoms with E-state index in [4.69, 9.17) is 21.6 Å². The van der Waals surface area contributed by atoms with Gasteiger partial charge in [-0.25, -0.2) is 4.39 Å². The number of ether oxygens (including phenoxy) is 1. The predicted octanol–water partition coefficient (Wildman–Crippen LogP) is 4.41. The van der Waals surface area contributed by atoms with Gasteiger partial charge >= 0.3 is 0 Å². The molecule has 0 radical (unpaired) electrons. The third kappa shape index (κ3) is 2.84. The van der Waals surface area contributed by atoms with Gasteiger partial charge in [0.15, 0.2) is 0 Å². The SMILES string of the molecule is COc1cc(Cl)c(C)cc1Nc1ccc(F)cc1C#N. The number of aryl methyl sites for hydroxylation is 1. The molecule has 0 saturated heterocycles. The van der Waals surface area contributed by atoms with Crippen molar-refractivity contribution in [2.75, 3.05) is 12.4 Å². The fourth-order valence-corrected chi connectivity index (χ4v) is 1.95. The van der Waals surface area contributed by atoms with Gasteiger partial charge in [0.25, 0.3) is 0 Å². The van der Waals surface area contributed by atoms with Crippen LogP contribution in [0.5, 0.6) is 5.75 Å². The van der Waals surface area contributed by atoms with Gasteiger partial charge in [0.1, 0.15) is 17.6 Å². The number of nitriles is 1. The first kappa shape index (κ1) is 14.2. The van der Waals surface area contributed by atoms with Crippen LogP contribution in [0.2, 0.25) is 5.02 Å². The van der Waals surface area contributed by atoms with E-state index in [0.29, 0.717) is 22.1 Å². The number of hydrogen-bond donors (Lipinski definition) is 1. The van der Waals surface area contributed by atoms with E-state index in [1.807, 2.05) is 19.1 Å². The van der Waals surface area contributed by atoms with Crippen LogP contribution in [0.15, 0.2) is 30.3 Å². The van der Waals surface area contributed by atoms with Crippen LogP contribution in [0.3, 0.4) is 0 Å². The molecule has 2 rings (SSSR count). The molecule has 3 nitrogen and oxygen atoms in total. The minimum atomic E-state index is -0.452. The Kier molecular flexibility index (Phi) is 4.11. The fraction of sp³-hybridized carbons (Fsp3) is 0.133. The van der Waals surface area contributed by atoms with E-state index in [0.717, 1.165) is 5.56 Å². The molecule has 2 aromatic rings. The average Bonchev–Trinajstić information content (AvgIpc) is 2.44. The summed E-state index contributed by atoms with van der Waals surface area (Å²) in [5.74, 6) is 0.0974. The van der Waals surface area contributed by atoms with E-state index in [1.54, 1.807) is 6.07 Å². The smallest absolute Gasteiger partial charge is 0.143 e. The van der Waals surface area contributed by atoms with Crippen LogP contribution in [0.1, 0.15) is 11.1 Å². The van der Waals surface area contributed by atoms with Crippen LogP contribution in [0.4, 0.5) is 15.8 Å². The van der Waals surface area contributed by atoms with Crippen LogP contribution in [-0.4, -0.2) is 7.11 Å². The number of nitrogens with zero attached hydrogens (tertiary/aromatic N) is 1. The highest BCUT2D eigenvalue weighted by atomic mass is 35.5. The summed E-state index contributed by atoms with van der Waals surface area (Å²) in [6, 6.07) is 9.43. The Morgan fingerprint density at radius 2 is 2.00 bits per heavy atom. The van der Waals surface area contributed by atoms with Crippen molar-refractivity contribution in [2.45, 2.75) is 6.92 Å². The molecule has 5 heteroatoms. The number of rotatable bonds is 3. The maximum atomic E-state index is 13.1. The lowest BCUT2D eigenvalue weighted by atomic mass is 10.1. The largest absolute Gasteiger partial charge is 0.495 e. The lowest BCUT2D eigenvalue weighted by Crippen LogP contribution is -1.98. The number of benzene rings is 2. The lowest BCUT2D eigenvalue weighted by Gasteiger charge is -2.14. The minimum absolute atomic E-state index is 0.222. The molecule has 0 unspecified atom stereocenters. The van der Waals surface area contributed by atoms with Gasteiger partial charge in [-0.2, -0.15) is 5.26 Å². The monoisotopic (exact) mass is 290 g/mol. The normalized spacial score (nSPS) is 9.95. The first-order valence-electron chi connectivity index (χ1n) is 5.86. The summed E-state index contributed by atoms with van der Waals surface area (Å²) < 4.78 is 18.4. The molecule has 0 bridgehead atoms. The Bertz CT molecular complexity index is 695. The number of anilines is 2. The molecule has 102 valence electrons. The van der Waals surface area contributed by atoms with Gasteiger partial charge < -0.3 is 10.1 Å². The Hall–Kier alpha value is -2.25. The van der Waals surface area contributed by atoms with Crippen molar-refractivity contribution in [2.24, 2.45) is 0 Å². The van der Waals surface area contributed by atoms with Crippen molar-refractivity contribution in [3.63, 3.8) is 0 Å². The van der Waals surface area contributed by atoms with Gasteiger partial charge in [-0.1, -0.05) is 11.6 Å². The second-order valence-corrected chi connectivity index (χ2v) is 4.64. The molecular formula is C15H12ClFN2O. The summed E-state index contributed by atoms with van der Waals surface area (Å²) in [6.45, 7) is 1.86. The van der Waals surface area contributed by atoms with Crippen molar-refractivity contribution >= 4 is 23.0 Å². The second kappa shape index (κ2) is 5.81. The van der Waals surface area contributed by atoms with E-state index in [1.165, 1.54) is 25.3 Å². The number of methoxy groups -OCH3 is 1. The Balaban J connectivity index is 2.45. The zero-order valence-corrected chi connectivity index (χ0v) is 11.8. The van der Waals surface area contributed by atoms with Gasteiger partial charge in [0, 0.05) is 11.1 Å². The highest BCUT2D eigenvalue weighted by Crippen LogP contribution is 2.33. The van der Waals surface area contributed by atoms with E-state index in [2.05, 4.69) is 5.32 Å². The molecule has 0 saturated carbocycles. The van der Waals surface area contributed by atoms with Gasteiger partial charge in [-0.05, 0) is 36.8 Å². The maximum absolute atomic E-state index is 13.1.